The largest absolute Gasteiger partial charge is 0.481 e. The highest BCUT2D eigenvalue weighted by Crippen LogP contribution is 2.32. The number of hydrogen-bond acceptors (Lipinski definition) is 3. The van der Waals surface area contributed by atoms with Crippen LogP contribution in [0.15, 0.2) is 30.3 Å². The van der Waals surface area contributed by atoms with E-state index in [-0.39, 0.29) is 23.8 Å². The standard InChI is InChI=1S/C18H23NO4/c20-17(14-7-4-8-15(11-14)18(21)22)19-9-10-23-16(12-19)13-5-2-1-3-6-13/h1-3,5-6,14-16H,4,7-12H2,(H,21,22). The summed E-state index contributed by atoms with van der Waals surface area (Å²) in [5.74, 6) is -1.20. The first-order chi connectivity index (χ1) is 11.1. The van der Waals surface area contributed by atoms with Crippen LogP contribution >= 0.6 is 0 Å². The highest BCUT2D eigenvalue weighted by Gasteiger charge is 2.35. The lowest BCUT2D eigenvalue weighted by Crippen LogP contribution is -2.46. The van der Waals surface area contributed by atoms with E-state index in [2.05, 4.69) is 0 Å². The number of hydrogen-bond donors (Lipinski definition) is 1. The summed E-state index contributed by atoms with van der Waals surface area (Å²) in [6.45, 7) is 1.67. The Morgan fingerprint density at radius 1 is 1.13 bits per heavy atom. The van der Waals surface area contributed by atoms with Gasteiger partial charge < -0.3 is 14.7 Å². The van der Waals surface area contributed by atoms with Crippen molar-refractivity contribution in [3.8, 4) is 0 Å². The molecule has 1 aromatic carbocycles. The van der Waals surface area contributed by atoms with Crippen molar-refractivity contribution in [3.63, 3.8) is 0 Å². The number of carbonyl (C=O) groups is 2. The molecule has 0 bridgehead atoms. The van der Waals surface area contributed by atoms with Crippen LogP contribution in [0.4, 0.5) is 0 Å². The topological polar surface area (TPSA) is 66.8 Å². The van der Waals surface area contributed by atoms with E-state index in [0.29, 0.717) is 32.5 Å². The Labute approximate surface area is 136 Å². The summed E-state index contributed by atoms with van der Waals surface area (Å²) in [5, 5.41) is 9.19. The minimum Gasteiger partial charge on any atom is -0.481 e. The molecule has 1 heterocycles. The average molecular weight is 317 g/mol. The first-order valence-corrected chi connectivity index (χ1v) is 8.33. The van der Waals surface area contributed by atoms with Crippen molar-refractivity contribution in [2.45, 2.75) is 31.8 Å². The van der Waals surface area contributed by atoms with Crippen molar-refractivity contribution in [1.29, 1.82) is 0 Å². The predicted molar refractivity (Wildman–Crippen MR) is 84.8 cm³/mol. The SMILES string of the molecule is O=C(O)C1CCCC(C(=O)N2CCOC(c3ccccc3)C2)C1. The highest BCUT2D eigenvalue weighted by molar-refractivity contribution is 5.80. The van der Waals surface area contributed by atoms with Gasteiger partial charge in [0.05, 0.1) is 19.1 Å². The van der Waals surface area contributed by atoms with Crippen LogP contribution in [0, 0.1) is 11.8 Å². The summed E-state index contributed by atoms with van der Waals surface area (Å²) < 4.78 is 5.80. The molecule has 1 saturated carbocycles. The Hall–Kier alpha value is -1.88. The number of carboxylic acids is 1. The molecule has 3 unspecified atom stereocenters. The number of carboxylic acid groups (broad SMARTS) is 1. The fourth-order valence-electron chi connectivity index (χ4n) is 3.62. The van der Waals surface area contributed by atoms with Crippen LogP contribution in [0.2, 0.25) is 0 Å². The van der Waals surface area contributed by atoms with Gasteiger partial charge in [-0.05, 0) is 24.8 Å². The lowest BCUT2D eigenvalue weighted by Gasteiger charge is -2.36. The van der Waals surface area contributed by atoms with Gasteiger partial charge in [0.25, 0.3) is 0 Å². The molecular formula is C18H23NO4. The van der Waals surface area contributed by atoms with Crippen molar-refractivity contribution in [3.05, 3.63) is 35.9 Å². The Balaban J connectivity index is 1.64. The summed E-state index contributed by atoms with van der Waals surface area (Å²) >= 11 is 0. The van der Waals surface area contributed by atoms with Crippen LogP contribution < -0.4 is 0 Å². The van der Waals surface area contributed by atoms with E-state index in [9.17, 15) is 14.7 Å². The van der Waals surface area contributed by atoms with Crippen molar-refractivity contribution in [2.75, 3.05) is 19.7 Å². The van der Waals surface area contributed by atoms with Gasteiger partial charge in [0, 0.05) is 12.5 Å². The Morgan fingerprint density at radius 3 is 2.61 bits per heavy atom. The smallest absolute Gasteiger partial charge is 0.306 e. The molecule has 1 saturated heterocycles. The molecule has 1 N–H and O–H groups in total. The van der Waals surface area contributed by atoms with Crippen LogP contribution in [0.3, 0.4) is 0 Å². The molecule has 1 aliphatic carbocycles. The summed E-state index contributed by atoms with van der Waals surface area (Å²) in [6.07, 6.45) is 2.69. The van der Waals surface area contributed by atoms with Crippen LogP contribution in [-0.2, 0) is 14.3 Å². The Morgan fingerprint density at radius 2 is 1.87 bits per heavy atom. The number of nitrogens with zero attached hydrogens (tertiary/aromatic N) is 1. The van der Waals surface area contributed by atoms with E-state index >= 15 is 0 Å². The van der Waals surface area contributed by atoms with E-state index in [1.807, 2.05) is 35.2 Å². The second kappa shape index (κ2) is 7.13. The lowest BCUT2D eigenvalue weighted by atomic mass is 9.80. The summed E-state index contributed by atoms with van der Waals surface area (Å²) in [6, 6.07) is 9.93. The molecule has 124 valence electrons. The van der Waals surface area contributed by atoms with Crippen LogP contribution in [0.5, 0.6) is 0 Å². The number of aliphatic carboxylic acids is 1. The van der Waals surface area contributed by atoms with Gasteiger partial charge in [-0.15, -0.1) is 0 Å². The fraction of sp³-hybridized carbons (Fsp3) is 0.556. The van der Waals surface area contributed by atoms with E-state index in [0.717, 1.165) is 18.4 Å². The lowest BCUT2D eigenvalue weighted by molar-refractivity contribution is -0.148. The van der Waals surface area contributed by atoms with Crippen molar-refractivity contribution in [2.24, 2.45) is 11.8 Å². The number of amides is 1. The molecule has 23 heavy (non-hydrogen) atoms. The van der Waals surface area contributed by atoms with Gasteiger partial charge in [0.2, 0.25) is 5.91 Å². The van der Waals surface area contributed by atoms with Gasteiger partial charge in [-0.3, -0.25) is 9.59 Å². The molecule has 1 amide bonds. The van der Waals surface area contributed by atoms with E-state index in [4.69, 9.17) is 4.74 Å². The maximum Gasteiger partial charge on any atom is 0.306 e. The molecule has 5 heteroatoms. The highest BCUT2D eigenvalue weighted by atomic mass is 16.5. The third-order valence-corrected chi connectivity index (χ3v) is 4.92. The molecule has 5 nitrogen and oxygen atoms in total. The van der Waals surface area contributed by atoms with Gasteiger partial charge in [0.1, 0.15) is 6.10 Å². The number of rotatable bonds is 3. The average Bonchev–Trinajstić information content (AvgIpc) is 2.62. The molecular weight excluding hydrogens is 294 g/mol. The van der Waals surface area contributed by atoms with E-state index in [1.54, 1.807) is 0 Å². The van der Waals surface area contributed by atoms with E-state index < -0.39 is 5.97 Å². The minimum absolute atomic E-state index is 0.0900. The predicted octanol–water partition coefficient (Wildman–Crippen LogP) is 2.48. The quantitative estimate of drug-likeness (QED) is 0.930. The fourth-order valence-corrected chi connectivity index (χ4v) is 3.62. The zero-order valence-electron chi connectivity index (χ0n) is 13.2. The third kappa shape index (κ3) is 3.72. The molecule has 0 radical (unpaired) electrons. The summed E-state index contributed by atoms with van der Waals surface area (Å²) in [5.41, 5.74) is 1.08. The minimum atomic E-state index is -0.772. The molecule has 0 spiro atoms. The Kier molecular flexibility index (Phi) is 4.96. The summed E-state index contributed by atoms with van der Waals surface area (Å²) in [4.78, 5) is 25.8. The maximum atomic E-state index is 12.8. The Bertz CT molecular complexity index is 559. The molecule has 1 aromatic rings. The third-order valence-electron chi connectivity index (χ3n) is 4.92. The number of morpholine rings is 1. The number of ether oxygens (including phenoxy) is 1. The first kappa shape index (κ1) is 16.0. The van der Waals surface area contributed by atoms with Crippen LogP contribution in [0.25, 0.3) is 0 Å². The molecule has 0 aromatic heterocycles. The van der Waals surface area contributed by atoms with Gasteiger partial charge >= 0.3 is 5.97 Å². The van der Waals surface area contributed by atoms with Crippen molar-refractivity contribution in [1.82, 2.24) is 4.90 Å². The second-order valence-electron chi connectivity index (χ2n) is 6.45. The molecule has 1 aliphatic heterocycles. The van der Waals surface area contributed by atoms with E-state index in [1.165, 1.54) is 0 Å². The molecule has 3 rings (SSSR count). The first-order valence-electron chi connectivity index (χ1n) is 8.33. The molecule has 2 aliphatic rings. The van der Waals surface area contributed by atoms with Gasteiger partial charge in [0.15, 0.2) is 0 Å². The maximum absolute atomic E-state index is 12.8. The van der Waals surface area contributed by atoms with Gasteiger partial charge in [-0.1, -0.05) is 36.8 Å². The second-order valence-corrected chi connectivity index (χ2v) is 6.45. The molecule has 2 fully saturated rings. The zero-order chi connectivity index (χ0) is 16.2. The summed E-state index contributed by atoms with van der Waals surface area (Å²) in [7, 11) is 0. The monoisotopic (exact) mass is 317 g/mol. The zero-order valence-corrected chi connectivity index (χ0v) is 13.2. The van der Waals surface area contributed by atoms with Gasteiger partial charge in [-0.25, -0.2) is 0 Å². The van der Waals surface area contributed by atoms with Crippen LogP contribution in [0.1, 0.15) is 37.4 Å². The normalized spacial score (nSPS) is 28.3. The van der Waals surface area contributed by atoms with Gasteiger partial charge in [-0.2, -0.15) is 0 Å². The van der Waals surface area contributed by atoms with Crippen molar-refractivity contribution >= 4 is 11.9 Å². The van der Waals surface area contributed by atoms with Crippen molar-refractivity contribution < 1.29 is 19.4 Å². The number of carbonyl (C=O) groups excluding carboxylic acids is 1. The molecule has 3 atom stereocenters. The number of benzene rings is 1. The van der Waals surface area contributed by atoms with Crippen LogP contribution in [-0.4, -0.2) is 41.6 Å².